The van der Waals surface area contributed by atoms with Gasteiger partial charge in [0.2, 0.25) is 0 Å². The maximum absolute atomic E-state index is 8.12. The Morgan fingerprint density at radius 1 is 0.533 bits per heavy atom. The monoisotopic (exact) mass is 811 g/mol. The number of hydrogen-bond acceptors (Lipinski definition) is 4. The van der Waals surface area contributed by atoms with Gasteiger partial charge in [0.05, 0.1) is 55.9 Å². The summed E-state index contributed by atoms with van der Waals surface area (Å²) < 4.78 is 10.4. The first-order chi connectivity index (χ1) is 29.3. The fourth-order valence-electron chi connectivity index (χ4n) is 9.31. The molecule has 0 radical (unpaired) electrons. The summed E-state index contributed by atoms with van der Waals surface area (Å²) >= 11 is 9.87. The highest BCUT2D eigenvalue weighted by Gasteiger charge is 2.33. The summed E-state index contributed by atoms with van der Waals surface area (Å²) in [5, 5.41) is 8.64. The number of fused-ring (bicyclic) bond motifs is 9. The van der Waals surface area contributed by atoms with Crippen LogP contribution in [0.15, 0.2) is 180 Å². The van der Waals surface area contributed by atoms with Gasteiger partial charge >= 0.3 is 0 Å². The number of hydrogen-bond donors (Lipinski definition) is 0. The van der Waals surface area contributed by atoms with Gasteiger partial charge in [0, 0.05) is 37.0 Å². The van der Waals surface area contributed by atoms with Crippen LogP contribution in [-0.4, -0.2) is 4.57 Å². The standard InChI is InChI=1S/C54H38ClN3OS/c1-54(2,3)35-30-46(56-42-22-10-11-23-43(42)58-41-21-9-7-17-36(41)38-19-13-24-44(56)52(38)58)51(55)47(31-35)57(45-25-14-20-39-37-18-8-12-26-49(37)59-53(39)45)48-32-60-50-28-27-34(29-40(48)50)33-15-5-4-6-16-33/h4-32H,1-3H3. The summed E-state index contributed by atoms with van der Waals surface area (Å²) in [6.45, 7) is 6.84. The summed E-state index contributed by atoms with van der Waals surface area (Å²) in [4.78, 5) is 4.74. The van der Waals surface area contributed by atoms with E-state index in [2.05, 4.69) is 204 Å². The van der Waals surface area contributed by atoms with Crippen molar-refractivity contribution >= 4 is 111 Å². The molecule has 0 amide bonds. The van der Waals surface area contributed by atoms with Crippen molar-refractivity contribution in [3.8, 4) is 16.8 Å². The van der Waals surface area contributed by atoms with Crippen LogP contribution >= 0.6 is 22.9 Å². The summed E-state index contributed by atoms with van der Waals surface area (Å²) in [5.41, 5.74) is 14.3. The lowest BCUT2D eigenvalue weighted by Gasteiger charge is -2.36. The number of anilines is 6. The Balaban J connectivity index is 1.18. The Labute approximate surface area is 356 Å². The molecule has 1 aliphatic rings. The minimum absolute atomic E-state index is 0.224. The molecule has 1 aliphatic heterocycles. The zero-order chi connectivity index (χ0) is 40.3. The van der Waals surface area contributed by atoms with E-state index in [0.717, 1.165) is 78.2 Å². The van der Waals surface area contributed by atoms with Crippen molar-refractivity contribution in [1.29, 1.82) is 0 Å². The Kier molecular flexibility index (Phi) is 7.68. The van der Waals surface area contributed by atoms with E-state index in [-0.39, 0.29) is 5.41 Å². The van der Waals surface area contributed by atoms with E-state index in [4.69, 9.17) is 16.0 Å². The molecule has 4 heterocycles. The first-order valence-electron chi connectivity index (χ1n) is 20.4. The molecule has 4 nitrogen and oxygen atoms in total. The van der Waals surface area contributed by atoms with E-state index >= 15 is 0 Å². The second-order valence-electron chi connectivity index (χ2n) is 16.7. The van der Waals surface area contributed by atoms with E-state index in [1.54, 1.807) is 11.3 Å². The van der Waals surface area contributed by atoms with Crippen molar-refractivity contribution in [2.24, 2.45) is 0 Å². The van der Waals surface area contributed by atoms with Gasteiger partial charge < -0.3 is 18.8 Å². The first-order valence-corrected chi connectivity index (χ1v) is 21.6. The van der Waals surface area contributed by atoms with Crippen LogP contribution in [0.1, 0.15) is 26.3 Å². The van der Waals surface area contributed by atoms with Crippen molar-refractivity contribution in [3.63, 3.8) is 0 Å². The van der Waals surface area contributed by atoms with Crippen molar-refractivity contribution in [3.05, 3.63) is 186 Å². The maximum atomic E-state index is 8.12. The van der Waals surface area contributed by atoms with E-state index in [9.17, 15) is 0 Å². The minimum atomic E-state index is -0.224. The third-order valence-electron chi connectivity index (χ3n) is 12.2. The molecule has 0 spiro atoms. The molecule has 0 bridgehead atoms. The van der Waals surface area contributed by atoms with Crippen LogP contribution < -0.4 is 9.80 Å². The van der Waals surface area contributed by atoms with Gasteiger partial charge in [-0.3, -0.25) is 0 Å². The highest BCUT2D eigenvalue weighted by Crippen LogP contribution is 2.56. The molecule has 8 aromatic carbocycles. The average molecular weight is 812 g/mol. The number of halogens is 1. The van der Waals surface area contributed by atoms with Gasteiger partial charge in [0.15, 0.2) is 5.58 Å². The Morgan fingerprint density at radius 3 is 2.08 bits per heavy atom. The molecule has 11 aromatic rings. The fraction of sp³-hybridized carbons (Fsp3) is 0.0741. The summed E-state index contributed by atoms with van der Waals surface area (Å²) in [6.07, 6.45) is 0. The van der Waals surface area contributed by atoms with Gasteiger partial charge in [-0.2, -0.15) is 0 Å². The molecular formula is C54H38ClN3OS. The lowest BCUT2D eigenvalue weighted by molar-refractivity contribution is 0.590. The summed E-state index contributed by atoms with van der Waals surface area (Å²) in [5.74, 6) is 0. The first kappa shape index (κ1) is 35.2. The second-order valence-corrected chi connectivity index (χ2v) is 18.0. The van der Waals surface area contributed by atoms with E-state index in [1.165, 1.54) is 32.1 Å². The molecule has 6 heteroatoms. The molecule has 0 unspecified atom stereocenters. The van der Waals surface area contributed by atoms with Crippen LogP contribution in [0.5, 0.6) is 0 Å². The van der Waals surface area contributed by atoms with Crippen LogP contribution in [0.3, 0.4) is 0 Å². The lowest BCUT2D eigenvalue weighted by atomic mass is 9.86. The highest BCUT2D eigenvalue weighted by molar-refractivity contribution is 7.17. The minimum Gasteiger partial charge on any atom is -0.454 e. The lowest BCUT2D eigenvalue weighted by Crippen LogP contribution is -2.21. The molecule has 0 saturated carbocycles. The topological polar surface area (TPSA) is 24.6 Å². The zero-order valence-corrected chi connectivity index (χ0v) is 34.9. The third-order valence-corrected chi connectivity index (χ3v) is 13.5. The molecule has 12 rings (SSSR count). The smallest absolute Gasteiger partial charge is 0.159 e. The van der Waals surface area contributed by atoms with Crippen molar-refractivity contribution in [2.45, 2.75) is 26.2 Å². The predicted octanol–water partition coefficient (Wildman–Crippen LogP) is 16.8. The van der Waals surface area contributed by atoms with Gasteiger partial charge in [-0.15, -0.1) is 11.3 Å². The van der Waals surface area contributed by atoms with E-state index < -0.39 is 0 Å². The molecule has 0 atom stereocenters. The molecule has 0 N–H and O–H groups in total. The van der Waals surface area contributed by atoms with Crippen LogP contribution in [0.4, 0.5) is 34.1 Å². The van der Waals surface area contributed by atoms with E-state index in [1.807, 2.05) is 6.07 Å². The second kappa shape index (κ2) is 13.1. The number of rotatable bonds is 5. The molecule has 3 aromatic heterocycles. The molecule has 0 aliphatic carbocycles. The van der Waals surface area contributed by atoms with Crippen LogP contribution in [0, 0.1) is 0 Å². The maximum Gasteiger partial charge on any atom is 0.159 e. The van der Waals surface area contributed by atoms with E-state index in [0.29, 0.717) is 5.02 Å². The normalized spacial score (nSPS) is 12.6. The van der Waals surface area contributed by atoms with Gasteiger partial charge in [0.25, 0.3) is 0 Å². The third kappa shape index (κ3) is 5.16. The molecule has 288 valence electrons. The number of furan rings is 1. The number of benzene rings is 8. The number of thiophene rings is 1. The SMILES string of the molecule is CC(C)(C)c1cc(N(c2csc3ccc(-c4ccccc4)cc23)c2cccc3c2oc2ccccc23)c(Cl)c(N2c3ccccc3-n3c4ccccc4c4cccc2c43)c1. The van der Waals surface area contributed by atoms with Crippen LogP contribution in [0.25, 0.3) is 70.6 Å². The molecule has 0 saturated heterocycles. The Morgan fingerprint density at radius 2 is 1.23 bits per heavy atom. The van der Waals surface area contributed by atoms with Crippen molar-refractivity contribution in [1.82, 2.24) is 4.57 Å². The number of para-hydroxylation sites is 6. The highest BCUT2D eigenvalue weighted by atomic mass is 35.5. The number of nitrogens with zero attached hydrogens (tertiary/aromatic N) is 3. The summed E-state index contributed by atoms with van der Waals surface area (Å²) in [6, 6.07) is 60.8. The quantitative estimate of drug-likeness (QED) is 0.173. The fourth-order valence-corrected chi connectivity index (χ4v) is 10.5. The van der Waals surface area contributed by atoms with Gasteiger partial charge in [-0.05, 0) is 82.8 Å². The Bertz CT molecular complexity index is 3520. The van der Waals surface area contributed by atoms with Gasteiger partial charge in [-0.25, -0.2) is 0 Å². The van der Waals surface area contributed by atoms with Crippen molar-refractivity contribution < 1.29 is 4.42 Å². The predicted molar refractivity (Wildman–Crippen MR) is 256 cm³/mol. The van der Waals surface area contributed by atoms with Crippen molar-refractivity contribution in [2.75, 3.05) is 9.80 Å². The molecule has 0 fully saturated rings. The summed E-state index contributed by atoms with van der Waals surface area (Å²) in [7, 11) is 0. The van der Waals surface area contributed by atoms with Gasteiger partial charge in [0.1, 0.15) is 5.58 Å². The molecular weight excluding hydrogens is 774 g/mol. The Hall–Kier alpha value is -6.79. The van der Waals surface area contributed by atoms with Gasteiger partial charge in [-0.1, -0.05) is 142 Å². The van der Waals surface area contributed by atoms with Crippen LogP contribution in [-0.2, 0) is 5.41 Å². The van der Waals surface area contributed by atoms with Crippen LogP contribution in [0.2, 0.25) is 5.02 Å². The molecule has 60 heavy (non-hydrogen) atoms. The average Bonchev–Trinajstić information content (AvgIpc) is 3.98. The number of aromatic nitrogens is 1. The largest absolute Gasteiger partial charge is 0.454 e. The zero-order valence-electron chi connectivity index (χ0n) is 33.3.